The van der Waals surface area contributed by atoms with Crippen LogP contribution in [0.25, 0.3) is 0 Å². The zero-order valence-corrected chi connectivity index (χ0v) is 7.64. The maximum Gasteiger partial charge on any atom is 0.294 e. The van der Waals surface area contributed by atoms with Crippen molar-refractivity contribution in [3.63, 3.8) is 0 Å². The Morgan fingerprint density at radius 2 is 1.75 bits per heavy atom. The third-order valence-corrected chi connectivity index (χ3v) is 2.55. The van der Waals surface area contributed by atoms with Gasteiger partial charge < -0.3 is 0 Å². The van der Waals surface area contributed by atoms with Crippen molar-refractivity contribution < 1.29 is 13.0 Å². The first-order valence-electron chi connectivity index (χ1n) is 3.16. The predicted octanol–water partition coefficient (Wildman–Crippen LogP) is 1.67. The summed E-state index contributed by atoms with van der Waals surface area (Å²) in [6.07, 6.45) is 0. The molecule has 66 valence electrons. The average Bonchev–Trinajstić information content (AvgIpc) is 2.03. The maximum absolute atomic E-state index is 10.6. The molecule has 0 aliphatic rings. The van der Waals surface area contributed by atoms with Crippen molar-refractivity contribution in [2.24, 2.45) is 0 Å². The van der Waals surface area contributed by atoms with Gasteiger partial charge in [-0.3, -0.25) is 4.55 Å². The minimum Gasteiger partial charge on any atom is -0.282 e. The van der Waals surface area contributed by atoms with Gasteiger partial charge in [0.25, 0.3) is 10.1 Å². The molecule has 0 heterocycles. The molecule has 1 N–H and O–H groups in total. The van der Waals surface area contributed by atoms with Crippen molar-refractivity contribution in [1.29, 1.82) is 0 Å². The lowest BCUT2D eigenvalue weighted by Crippen LogP contribution is -1.97. The zero-order chi connectivity index (χ0) is 9.19. The van der Waals surface area contributed by atoms with E-state index in [0.717, 1.165) is 5.56 Å². The molecule has 0 amide bonds. The van der Waals surface area contributed by atoms with E-state index in [1.807, 2.05) is 0 Å². The summed E-state index contributed by atoms with van der Waals surface area (Å²) in [4.78, 5) is -0.114. The highest BCUT2D eigenvalue weighted by Crippen LogP contribution is 2.11. The highest BCUT2D eigenvalue weighted by Gasteiger charge is 2.07. The molecule has 1 aromatic rings. The Morgan fingerprint density at radius 3 is 2.08 bits per heavy atom. The molecule has 12 heavy (non-hydrogen) atoms. The summed E-state index contributed by atoms with van der Waals surface area (Å²) in [5, 5.41) is 0. The van der Waals surface area contributed by atoms with Crippen LogP contribution in [0, 0.1) is 0 Å². The first-order chi connectivity index (χ1) is 5.54. The van der Waals surface area contributed by atoms with E-state index in [-0.39, 0.29) is 4.90 Å². The first kappa shape index (κ1) is 9.51. The standard InChI is InChI=1S/C7H7ClO3S/c8-5-6-1-3-7(4-2-6)12(9,10)11/h1-4H,5H2,(H,9,10,11). The van der Waals surface area contributed by atoms with Gasteiger partial charge in [-0.1, -0.05) is 12.1 Å². The molecule has 3 nitrogen and oxygen atoms in total. The first-order valence-corrected chi connectivity index (χ1v) is 5.14. The van der Waals surface area contributed by atoms with E-state index >= 15 is 0 Å². The number of halogens is 1. The van der Waals surface area contributed by atoms with Crippen molar-refractivity contribution in [1.82, 2.24) is 0 Å². The highest BCUT2D eigenvalue weighted by molar-refractivity contribution is 7.85. The number of hydrogen-bond donors (Lipinski definition) is 1. The van der Waals surface area contributed by atoms with E-state index < -0.39 is 10.1 Å². The summed E-state index contributed by atoms with van der Waals surface area (Å²) in [5.41, 5.74) is 0.809. The van der Waals surface area contributed by atoms with Gasteiger partial charge in [0.15, 0.2) is 0 Å². The van der Waals surface area contributed by atoms with Crippen LogP contribution in [0.3, 0.4) is 0 Å². The summed E-state index contributed by atoms with van der Waals surface area (Å²) >= 11 is 5.48. The topological polar surface area (TPSA) is 54.4 Å². The highest BCUT2D eigenvalue weighted by atomic mass is 35.5. The molecule has 0 saturated heterocycles. The summed E-state index contributed by atoms with van der Waals surface area (Å²) in [6, 6.07) is 5.73. The van der Waals surface area contributed by atoms with Gasteiger partial charge in [0.05, 0.1) is 4.90 Å². The van der Waals surface area contributed by atoms with Gasteiger partial charge >= 0.3 is 0 Å². The lowest BCUT2D eigenvalue weighted by Gasteiger charge is -1.97. The van der Waals surface area contributed by atoms with Crippen LogP contribution in [0.15, 0.2) is 29.2 Å². The van der Waals surface area contributed by atoms with E-state index in [0.29, 0.717) is 5.88 Å². The molecule has 0 fully saturated rings. The van der Waals surface area contributed by atoms with Gasteiger partial charge in [0.2, 0.25) is 0 Å². The monoisotopic (exact) mass is 206 g/mol. The SMILES string of the molecule is O=S(=O)(O)c1ccc(CCl)cc1. The van der Waals surface area contributed by atoms with Crippen LogP contribution in [0.1, 0.15) is 5.56 Å². The van der Waals surface area contributed by atoms with Crippen LogP contribution in [0.4, 0.5) is 0 Å². The largest absolute Gasteiger partial charge is 0.294 e. The number of rotatable bonds is 2. The van der Waals surface area contributed by atoms with E-state index in [9.17, 15) is 8.42 Å². The van der Waals surface area contributed by atoms with Gasteiger partial charge in [0.1, 0.15) is 0 Å². The second-order valence-electron chi connectivity index (χ2n) is 2.25. The van der Waals surface area contributed by atoms with Crippen molar-refractivity contribution in [2.45, 2.75) is 10.8 Å². The second kappa shape index (κ2) is 3.43. The third kappa shape index (κ3) is 2.20. The van der Waals surface area contributed by atoms with Gasteiger partial charge in [-0.25, -0.2) is 0 Å². The van der Waals surface area contributed by atoms with Crippen LogP contribution in [-0.4, -0.2) is 13.0 Å². The summed E-state index contributed by atoms with van der Waals surface area (Å²) in [6.45, 7) is 0. The molecule has 0 aromatic heterocycles. The van der Waals surface area contributed by atoms with Crippen LogP contribution in [0.2, 0.25) is 0 Å². The van der Waals surface area contributed by atoms with Crippen LogP contribution >= 0.6 is 11.6 Å². The van der Waals surface area contributed by atoms with Gasteiger partial charge in [-0.2, -0.15) is 8.42 Å². The van der Waals surface area contributed by atoms with Crippen molar-refractivity contribution in [3.8, 4) is 0 Å². The maximum atomic E-state index is 10.6. The summed E-state index contributed by atoms with van der Waals surface area (Å²) in [5.74, 6) is 0.325. The van der Waals surface area contributed by atoms with Crippen molar-refractivity contribution >= 4 is 21.7 Å². The molecule has 0 saturated carbocycles. The van der Waals surface area contributed by atoms with E-state index in [2.05, 4.69) is 0 Å². The normalized spacial score (nSPS) is 11.5. The minimum absolute atomic E-state index is 0.114. The molecule has 0 aliphatic heterocycles. The average molecular weight is 207 g/mol. The number of alkyl halides is 1. The Kier molecular flexibility index (Phi) is 2.72. The zero-order valence-electron chi connectivity index (χ0n) is 6.07. The van der Waals surface area contributed by atoms with Gasteiger partial charge in [-0.05, 0) is 17.7 Å². The molecule has 0 spiro atoms. The fourth-order valence-electron chi connectivity index (χ4n) is 0.751. The molecular weight excluding hydrogens is 200 g/mol. The molecule has 0 aliphatic carbocycles. The number of hydrogen-bond acceptors (Lipinski definition) is 2. The second-order valence-corrected chi connectivity index (χ2v) is 3.94. The smallest absolute Gasteiger partial charge is 0.282 e. The van der Waals surface area contributed by atoms with Gasteiger partial charge in [-0.15, -0.1) is 11.6 Å². The van der Waals surface area contributed by atoms with E-state index in [1.165, 1.54) is 12.1 Å². The fraction of sp³-hybridized carbons (Fsp3) is 0.143. The summed E-state index contributed by atoms with van der Waals surface area (Å²) in [7, 11) is -4.07. The Balaban J connectivity index is 3.09. The Labute approximate surface area is 75.7 Å². The lowest BCUT2D eigenvalue weighted by molar-refractivity contribution is 0.483. The Bertz CT molecular complexity index is 355. The van der Waals surface area contributed by atoms with Crippen LogP contribution < -0.4 is 0 Å². The molecule has 0 unspecified atom stereocenters. The molecule has 0 atom stereocenters. The van der Waals surface area contributed by atoms with Gasteiger partial charge in [0, 0.05) is 5.88 Å². The number of benzene rings is 1. The molecule has 0 bridgehead atoms. The lowest BCUT2D eigenvalue weighted by atomic mass is 10.2. The van der Waals surface area contributed by atoms with Crippen LogP contribution in [-0.2, 0) is 16.0 Å². The van der Waals surface area contributed by atoms with E-state index in [4.69, 9.17) is 16.2 Å². The van der Waals surface area contributed by atoms with Crippen molar-refractivity contribution in [2.75, 3.05) is 0 Å². The summed E-state index contributed by atoms with van der Waals surface area (Å²) < 4.78 is 29.7. The molecule has 1 aromatic carbocycles. The predicted molar refractivity (Wildman–Crippen MR) is 45.8 cm³/mol. The Hall–Kier alpha value is -0.580. The Morgan fingerprint density at radius 1 is 1.25 bits per heavy atom. The molecule has 5 heteroatoms. The fourth-order valence-corrected chi connectivity index (χ4v) is 1.41. The van der Waals surface area contributed by atoms with E-state index in [1.54, 1.807) is 12.1 Å². The van der Waals surface area contributed by atoms with Crippen LogP contribution in [0.5, 0.6) is 0 Å². The quantitative estimate of drug-likeness (QED) is 0.592. The van der Waals surface area contributed by atoms with Crippen molar-refractivity contribution in [3.05, 3.63) is 29.8 Å². The molecule has 1 rings (SSSR count). The molecular formula is C7H7ClO3S. The third-order valence-electron chi connectivity index (χ3n) is 1.38. The molecule has 0 radical (unpaired) electrons. The minimum atomic E-state index is -4.07.